The minimum Gasteiger partial charge on any atom is -0.497 e. The lowest BCUT2D eigenvalue weighted by atomic mass is 10.1. The third kappa shape index (κ3) is 4.75. The van der Waals surface area contributed by atoms with Gasteiger partial charge in [-0.05, 0) is 37.1 Å². The third-order valence-electron chi connectivity index (χ3n) is 6.59. The Labute approximate surface area is 199 Å². The molecule has 2 aliphatic heterocycles. The van der Waals surface area contributed by atoms with Crippen molar-refractivity contribution >= 4 is 5.69 Å². The number of aromatic nitrogens is 2. The second-order valence-corrected chi connectivity index (χ2v) is 8.78. The van der Waals surface area contributed by atoms with E-state index in [1.54, 1.807) is 7.11 Å². The van der Waals surface area contributed by atoms with Gasteiger partial charge in [-0.25, -0.2) is 4.68 Å². The van der Waals surface area contributed by atoms with Gasteiger partial charge >= 0.3 is 0 Å². The number of benzene rings is 2. The van der Waals surface area contributed by atoms with E-state index >= 15 is 0 Å². The molecule has 0 amide bonds. The Hall–Kier alpha value is -3.07. The fourth-order valence-electron chi connectivity index (χ4n) is 4.78. The highest BCUT2D eigenvalue weighted by molar-refractivity contribution is 5.63. The number of nitrogens with zero attached hydrogens (tertiary/aromatic N) is 3. The molecule has 0 aliphatic carbocycles. The Morgan fingerprint density at radius 1 is 1.12 bits per heavy atom. The van der Waals surface area contributed by atoms with Gasteiger partial charge in [0.25, 0.3) is 0 Å². The number of methoxy groups -OCH3 is 1. The van der Waals surface area contributed by atoms with Crippen LogP contribution in [0.2, 0.25) is 0 Å². The number of anilines is 1. The maximum absolute atomic E-state index is 9.67. The van der Waals surface area contributed by atoms with Crippen molar-refractivity contribution in [2.75, 3.05) is 38.4 Å². The van der Waals surface area contributed by atoms with Crippen molar-refractivity contribution < 1.29 is 24.4 Å². The molecule has 0 spiro atoms. The first-order valence-electron chi connectivity index (χ1n) is 11.8. The Balaban J connectivity index is 1.44. The van der Waals surface area contributed by atoms with Crippen molar-refractivity contribution in [2.24, 2.45) is 0 Å². The molecule has 8 heteroatoms. The Bertz CT molecular complexity index is 1120. The van der Waals surface area contributed by atoms with Crippen LogP contribution in [0.4, 0.5) is 5.69 Å². The smallest absolute Gasteiger partial charge is 0.123 e. The molecule has 1 aromatic heterocycles. The first-order chi connectivity index (χ1) is 16.6. The molecule has 8 nitrogen and oxygen atoms in total. The number of fused-ring (bicyclic) bond motifs is 1. The van der Waals surface area contributed by atoms with Gasteiger partial charge in [0, 0.05) is 49.2 Å². The van der Waals surface area contributed by atoms with Crippen LogP contribution >= 0.6 is 0 Å². The summed E-state index contributed by atoms with van der Waals surface area (Å²) in [5, 5.41) is 23.6. The predicted octanol–water partition coefficient (Wildman–Crippen LogP) is 3.04. The molecule has 0 radical (unpaired) electrons. The fourth-order valence-corrected chi connectivity index (χ4v) is 4.78. The standard InChI is InChI=1S/C26H31N3O5/c1-32-22-4-2-3-18(13-22)24-5-10-29(27-24)20-14-19(28-9-6-26-25(28)8-12-34-26)15-23(16-20)33-11-7-21(31)17-30/h2-5,10,13-16,21,25-26,30-31H,6-9,11-12,17H2,1H3/t21?,25-,26-/m1/s1. The minimum atomic E-state index is -0.783. The van der Waals surface area contributed by atoms with E-state index in [0.717, 1.165) is 54.4 Å². The van der Waals surface area contributed by atoms with Gasteiger partial charge in [-0.1, -0.05) is 12.1 Å². The first-order valence-corrected chi connectivity index (χ1v) is 11.8. The predicted molar refractivity (Wildman–Crippen MR) is 129 cm³/mol. The summed E-state index contributed by atoms with van der Waals surface area (Å²) >= 11 is 0. The monoisotopic (exact) mass is 465 g/mol. The van der Waals surface area contributed by atoms with Gasteiger partial charge in [0.15, 0.2) is 0 Å². The molecule has 3 heterocycles. The number of ether oxygens (including phenoxy) is 3. The Kier molecular flexibility index (Phi) is 6.71. The molecule has 2 aromatic carbocycles. The summed E-state index contributed by atoms with van der Waals surface area (Å²) in [6.45, 7) is 1.78. The largest absolute Gasteiger partial charge is 0.497 e. The summed E-state index contributed by atoms with van der Waals surface area (Å²) in [5.74, 6) is 1.50. The van der Waals surface area contributed by atoms with E-state index in [1.165, 1.54) is 0 Å². The maximum atomic E-state index is 9.67. The van der Waals surface area contributed by atoms with Gasteiger partial charge in [-0.2, -0.15) is 5.10 Å². The van der Waals surface area contributed by atoms with Crippen LogP contribution in [-0.4, -0.2) is 71.7 Å². The van der Waals surface area contributed by atoms with Crippen molar-refractivity contribution in [3.8, 4) is 28.4 Å². The van der Waals surface area contributed by atoms with E-state index < -0.39 is 6.10 Å². The van der Waals surface area contributed by atoms with Crippen LogP contribution in [0.15, 0.2) is 54.7 Å². The van der Waals surface area contributed by atoms with Crippen molar-refractivity contribution in [1.82, 2.24) is 9.78 Å². The van der Waals surface area contributed by atoms with Crippen LogP contribution in [-0.2, 0) is 4.74 Å². The van der Waals surface area contributed by atoms with Crippen molar-refractivity contribution in [3.63, 3.8) is 0 Å². The van der Waals surface area contributed by atoms with E-state index in [-0.39, 0.29) is 12.7 Å². The zero-order valence-electron chi connectivity index (χ0n) is 19.3. The number of aliphatic hydroxyl groups excluding tert-OH is 2. The molecule has 1 unspecified atom stereocenters. The van der Waals surface area contributed by atoms with Gasteiger partial charge < -0.3 is 29.3 Å². The molecule has 5 rings (SSSR count). The third-order valence-corrected chi connectivity index (χ3v) is 6.59. The second-order valence-electron chi connectivity index (χ2n) is 8.78. The Morgan fingerprint density at radius 2 is 2.00 bits per heavy atom. The lowest BCUT2D eigenvalue weighted by Gasteiger charge is -2.26. The fraction of sp³-hybridized carbons (Fsp3) is 0.423. The molecule has 2 aliphatic rings. The van der Waals surface area contributed by atoms with Gasteiger partial charge in [-0.3, -0.25) is 0 Å². The Morgan fingerprint density at radius 3 is 2.85 bits per heavy atom. The average Bonchev–Trinajstić information content (AvgIpc) is 3.61. The van der Waals surface area contributed by atoms with Crippen molar-refractivity contribution in [1.29, 1.82) is 0 Å². The van der Waals surface area contributed by atoms with Crippen LogP contribution in [0.1, 0.15) is 19.3 Å². The number of hydrogen-bond acceptors (Lipinski definition) is 7. The molecule has 180 valence electrons. The van der Waals surface area contributed by atoms with E-state index in [0.29, 0.717) is 24.8 Å². The summed E-state index contributed by atoms with van der Waals surface area (Å²) in [4.78, 5) is 2.41. The molecule has 2 saturated heterocycles. The number of rotatable bonds is 9. The molecule has 2 fully saturated rings. The van der Waals surface area contributed by atoms with Crippen LogP contribution in [0.25, 0.3) is 16.9 Å². The molecular formula is C26H31N3O5. The molecule has 0 bridgehead atoms. The first kappa shape index (κ1) is 22.7. The van der Waals surface area contributed by atoms with E-state index in [2.05, 4.69) is 11.0 Å². The molecule has 2 N–H and O–H groups in total. The van der Waals surface area contributed by atoms with Crippen LogP contribution in [0.3, 0.4) is 0 Å². The van der Waals surface area contributed by atoms with Crippen LogP contribution < -0.4 is 14.4 Å². The zero-order chi connectivity index (χ0) is 23.5. The summed E-state index contributed by atoms with van der Waals surface area (Å²) in [5.41, 5.74) is 3.80. The highest BCUT2D eigenvalue weighted by atomic mass is 16.5. The second kappa shape index (κ2) is 10.0. The van der Waals surface area contributed by atoms with Gasteiger partial charge in [-0.15, -0.1) is 0 Å². The van der Waals surface area contributed by atoms with E-state index in [1.807, 2.05) is 53.3 Å². The zero-order valence-corrected chi connectivity index (χ0v) is 19.3. The van der Waals surface area contributed by atoms with E-state index in [4.69, 9.17) is 24.4 Å². The topological polar surface area (TPSA) is 89.2 Å². The molecule has 34 heavy (non-hydrogen) atoms. The number of aliphatic hydroxyl groups is 2. The van der Waals surface area contributed by atoms with Crippen molar-refractivity contribution in [2.45, 2.75) is 37.5 Å². The quantitative estimate of drug-likeness (QED) is 0.502. The lowest BCUT2D eigenvalue weighted by Crippen LogP contribution is -2.31. The molecule has 3 aromatic rings. The average molecular weight is 466 g/mol. The SMILES string of the molecule is COc1cccc(-c2ccn(-c3cc(OCCC(O)CO)cc(N4CC[C@H]5OCC[C@H]54)c3)n2)c1. The lowest BCUT2D eigenvalue weighted by molar-refractivity contribution is 0.0754. The summed E-state index contributed by atoms with van der Waals surface area (Å²) < 4.78 is 19.1. The molecular weight excluding hydrogens is 434 g/mol. The highest BCUT2D eigenvalue weighted by Gasteiger charge is 2.39. The normalized spacial score (nSPS) is 20.4. The summed E-state index contributed by atoms with van der Waals surface area (Å²) in [6, 6.07) is 16.3. The van der Waals surface area contributed by atoms with Crippen LogP contribution in [0, 0.1) is 0 Å². The van der Waals surface area contributed by atoms with Gasteiger partial charge in [0.2, 0.25) is 0 Å². The minimum absolute atomic E-state index is 0.272. The summed E-state index contributed by atoms with van der Waals surface area (Å²) in [6.07, 6.45) is 3.86. The highest BCUT2D eigenvalue weighted by Crippen LogP contribution is 2.36. The van der Waals surface area contributed by atoms with Gasteiger partial charge in [0.05, 0.1) is 50.0 Å². The van der Waals surface area contributed by atoms with Crippen LogP contribution in [0.5, 0.6) is 11.5 Å². The van der Waals surface area contributed by atoms with Gasteiger partial charge in [0.1, 0.15) is 11.5 Å². The summed E-state index contributed by atoms with van der Waals surface area (Å²) in [7, 11) is 1.66. The van der Waals surface area contributed by atoms with Crippen molar-refractivity contribution in [3.05, 3.63) is 54.7 Å². The molecule has 0 saturated carbocycles. The van der Waals surface area contributed by atoms with E-state index in [9.17, 15) is 5.11 Å². The number of hydrogen-bond donors (Lipinski definition) is 2. The molecule has 3 atom stereocenters. The maximum Gasteiger partial charge on any atom is 0.123 e.